The third-order valence-electron chi connectivity index (χ3n) is 2.96. The molecule has 1 fully saturated rings. The molecule has 0 aliphatic carbocycles. The van der Waals surface area contributed by atoms with Crippen LogP contribution in [0.3, 0.4) is 0 Å². The molecule has 1 unspecified atom stereocenters. The Kier molecular flexibility index (Phi) is 5.88. The van der Waals surface area contributed by atoms with Gasteiger partial charge in [-0.25, -0.2) is 0 Å². The predicted octanol–water partition coefficient (Wildman–Crippen LogP) is 1.24. The number of piperazine rings is 1. The first kappa shape index (κ1) is 14.4. The molecule has 1 aromatic rings. The third kappa shape index (κ3) is 3.94. The van der Waals surface area contributed by atoms with E-state index in [0.29, 0.717) is 6.04 Å². The van der Waals surface area contributed by atoms with Crippen LogP contribution in [0, 0.1) is 0 Å². The van der Waals surface area contributed by atoms with Crippen molar-refractivity contribution in [1.82, 2.24) is 20.4 Å². The van der Waals surface area contributed by atoms with Crippen LogP contribution < -0.4 is 5.32 Å². The van der Waals surface area contributed by atoms with E-state index in [2.05, 4.69) is 34.2 Å². The van der Waals surface area contributed by atoms with Gasteiger partial charge in [0.15, 0.2) is 5.82 Å². The van der Waals surface area contributed by atoms with E-state index < -0.39 is 0 Å². The summed E-state index contributed by atoms with van der Waals surface area (Å²) >= 11 is 0. The first-order valence-corrected chi connectivity index (χ1v) is 6.06. The molecular weight excluding hydrogens is 240 g/mol. The molecule has 5 nitrogen and oxygen atoms in total. The minimum Gasteiger partial charge on any atom is -0.338 e. The van der Waals surface area contributed by atoms with E-state index in [0.717, 1.165) is 50.7 Å². The van der Waals surface area contributed by atoms with E-state index >= 15 is 0 Å². The van der Waals surface area contributed by atoms with E-state index in [4.69, 9.17) is 4.52 Å². The minimum atomic E-state index is 0. The van der Waals surface area contributed by atoms with Crippen LogP contribution in [-0.2, 0) is 13.0 Å². The number of hydrogen-bond donors (Lipinski definition) is 1. The lowest BCUT2D eigenvalue weighted by atomic mass is 10.2. The molecule has 1 N–H and O–H groups in total. The molecule has 0 saturated carbocycles. The predicted molar refractivity (Wildman–Crippen MR) is 68.3 cm³/mol. The second-order valence-corrected chi connectivity index (χ2v) is 4.38. The van der Waals surface area contributed by atoms with Gasteiger partial charge >= 0.3 is 0 Å². The second-order valence-electron chi connectivity index (χ2n) is 4.38. The summed E-state index contributed by atoms with van der Waals surface area (Å²) < 4.78 is 5.25. The molecule has 98 valence electrons. The highest BCUT2D eigenvalue weighted by Gasteiger charge is 2.20. The maximum Gasteiger partial charge on any atom is 0.240 e. The standard InChI is InChI=1S/C11H20N4O.ClH/c1-3-4-10-13-11(16-14-10)8-15-6-5-12-7-9(15)2;/h9,12H,3-8H2,1-2H3;1H. The summed E-state index contributed by atoms with van der Waals surface area (Å²) in [5.41, 5.74) is 0. The van der Waals surface area contributed by atoms with Crippen LogP contribution in [0.1, 0.15) is 32.0 Å². The van der Waals surface area contributed by atoms with Gasteiger partial charge < -0.3 is 9.84 Å². The number of nitrogens with zero attached hydrogens (tertiary/aromatic N) is 3. The Morgan fingerprint density at radius 2 is 2.35 bits per heavy atom. The second kappa shape index (κ2) is 6.93. The molecule has 1 aliphatic rings. The lowest BCUT2D eigenvalue weighted by molar-refractivity contribution is 0.146. The van der Waals surface area contributed by atoms with E-state index in [1.54, 1.807) is 0 Å². The van der Waals surface area contributed by atoms with Crippen molar-refractivity contribution in [2.45, 2.75) is 39.3 Å². The van der Waals surface area contributed by atoms with E-state index in [1.165, 1.54) is 0 Å². The Morgan fingerprint density at radius 1 is 1.53 bits per heavy atom. The lowest BCUT2D eigenvalue weighted by Gasteiger charge is -2.32. The third-order valence-corrected chi connectivity index (χ3v) is 2.96. The molecular formula is C11H21ClN4O. The van der Waals surface area contributed by atoms with Crippen LogP contribution in [-0.4, -0.2) is 40.7 Å². The van der Waals surface area contributed by atoms with Gasteiger partial charge in [-0.15, -0.1) is 12.4 Å². The largest absolute Gasteiger partial charge is 0.338 e. The summed E-state index contributed by atoms with van der Waals surface area (Å²) in [5.74, 6) is 1.58. The summed E-state index contributed by atoms with van der Waals surface area (Å²) in [4.78, 5) is 6.76. The Morgan fingerprint density at radius 3 is 3.06 bits per heavy atom. The van der Waals surface area contributed by atoms with Gasteiger partial charge in [0.1, 0.15) is 0 Å². The maximum atomic E-state index is 5.25. The number of halogens is 1. The molecule has 17 heavy (non-hydrogen) atoms. The molecule has 1 aromatic heterocycles. The summed E-state index contributed by atoms with van der Waals surface area (Å²) in [5, 5.41) is 7.34. The van der Waals surface area contributed by atoms with Crippen molar-refractivity contribution >= 4 is 12.4 Å². The first-order valence-electron chi connectivity index (χ1n) is 6.06. The summed E-state index contributed by atoms with van der Waals surface area (Å²) in [6, 6.07) is 0.537. The van der Waals surface area contributed by atoms with Gasteiger partial charge in [-0.3, -0.25) is 4.90 Å². The molecule has 1 aliphatic heterocycles. The van der Waals surface area contributed by atoms with Crippen LogP contribution in [0.15, 0.2) is 4.52 Å². The smallest absolute Gasteiger partial charge is 0.240 e. The highest BCUT2D eigenvalue weighted by Crippen LogP contribution is 2.09. The number of hydrogen-bond acceptors (Lipinski definition) is 5. The molecule has 0 radical (unpaired) electrons. The molecule has 1 saturated heterocycles. The van der Waals surface area contributed by atoms with Gasteiger partial charge in [-0.1, -0.05) is 12.1 Å². The van der Waals surface area contributed by atoms with Crippen molar-refractivity contribution in [2.75, 3.05) is 19.6 Å². The van der Waals surface area contributed by atoms with E-state index in [-0.39, 0.29) is 12.4 Å². The zero-order chi connectivity index (χ0) is 11.4. The van der Waals surface area contributed by atoms with Crippen molar-refractivity contribution in [3.63, 3.8) is 0 Å². The van der Waals surface area contributed by atoms with Gasteiger partial charge in [-0.05, 0) is 13.3 Å². The molecule has 0 amide bonds. The van der Waals surface area contributed by atoms with Crippen molar-refractivity contribution in [2.24, 2.45) is 0 Å². The maximum absolute atomic E-state index is 5.25. The SMILES string of the molecule is CCCc1noc(CN2CCNCC2C)n1.Cl. The normalized spacial score (nSPS) is 21.2. The van der Waals surface area contributed by atoms with Gasteiger partial charge in [-0.2, -0.15) is 4.98 Å². The van der Waals surface area contributed by atoms with Crippen LogP contribution in [0.2, 0.25) is 0 Å². The zero-order valence-electron chi connectivity index (χ0n) is 10.5. The average molecular weight is 261 g/mol. The monoisotopic (exact) mass is 260 g/mol. The van der Waals surface area contributed by atoms with Crippen LogP contribution in [0.4, 0.5) is 0 Å². The fourth-order valence-corrected chi connectivity index (χ4v) is 1.97. The molecule has 2 rings (SSSR count). The van der Waals surface area contributed by atoms with Crippen LogP contribution in [0.5, 0.6) is 0 Å². The lowest BCUT2D eigenvalue weighted by Crippen LogP contribution is -2.49. The summed E-state index contributed by atoms with van der Waals surface area (Å²) in [6.45, 7) is 8.24. The quantitative estimate of drug-likeness (QED) is 0.883. The Hall–Kier alpha value is -0.650. The van der Waals surface area contributed by atoms with Crippen LogP contribution in [0.25, 0.3) is 0 Å². The highest BCUT2D eigenvalue weighted by molar-refractivity contribution is 5.85. The van der Waals surface area contributed by atoms with Crippen molar-refractivity contribution in [1.29, 1.82) is 0 Å². The fourth-order valence-electron chi connectivity index (χ4n) is 1.97. The molecule has 0 aromatic carbocycles. The summed E-state index contributed by atoms with van der Waals surface area (Å²) in [6.07, 6.45) is 1.96. The number of nitrogens with one attached hydrogen (secondary N) is 1. The topological polar surface area (TPSA) is 54.2 Å². The van der Waals surface area contributed by atoms with Gasteiger partial charge in [0.25, 0.3) is 0 Å². The van der Waals surface area contributed by atoms with Crippen molar-refractivity contribution in [3.05, 3.63) is 11.7 Å². The van der Waals surface area contributed by atoms with Crippen molar-refractivity contribution < 1.29 is 4.52 Å². The van der Waals surface area contributed by atoms with E-state index in [9.17, 15) is 0 Å². The van der Waals surface area contributed by atoms with Gasteiger partial charge in [0.2, 0.25) is 5.89 Å². The summed E-state index contributed by atoms with van der Waals surface area (Å²) in [7, 11) is 0. The molecule has 0 bridgehead atoms. The average Bonchev–Trinajstić information content (AvgIpc) is 2.70. The molecule has 1 atom stereocenters. The number of aryl methyl sites for hydroxylation is 1. The fraction of sp³-hybridized carbons (Fsp3) is 0.818. The first-order chi connectivity index (χ1) is 7.79. The minimum absolute atomic E-state index is 0. The Labute approximate surface area is 108 Å². The Bertz CT molecular complexity index is 331. The van der Waals surface area contributed by atoms with Crippen molar-refractivity contribution in [3.8, 4) is 0 Å². The van der Waals surface area contributed by atoms with Gasteiger partial charge in [0, 0.05) is 32.1 Å². The Balaban J connectivity index is 0.00000144. The van der Waals surface area contributed by atoms with Gasteiger partial charge in [0.05, 0.1) is 6.54 Å². The molecule has 2 heterocycles. The number of rotatable bonds is 4. The molecule has 6 heteroatoms. The van der Waals surface area contributed by atoms with Crippen LogP contribution >= 0.6 is 12.4 Å². The zero-order valence-corrected chi connectivity index (χ0v) is 11.3. The highest BCUT2D eigenvalue weighted by atomic mass is 35.5. The molecule has 0 spiro atoms. The van der Waals surface area contributed by atoms with E-state index in [1.807, 2.05) is 0 Å². The number of aromatic nitrogens is 2.